The lowest BCUT2D eigenvalue weighted by atomic mass is 9.98. The highest BCUT2D eigenvalue weighted by Gasteiger charge is 2.28. The summed E-state index contributed by atoms with van der Waals surface area (Å²) in [6.07, 6.45) is -0.831. The molecule has 0 unspecified atom stereocenters. The first-order chi connectivity index (χ1) is 12.1. The number of hydrogen-bond acceptors (Lipinski definition) is 4. The number of alkyl carbamates (subject to hydrolysis) is 1. The van der Waals surface area contributed by atoms with Gasteiger partial charge in [-0.05, 0) is 29.2 Å². The summed E-state index contributed by atoms with van der Waals surface area (Å²) in [7, 11) is 0. The Kier molecular flexibility index (Phi) is 4.93. The van der Waals surface area contributed by atoms with E-state index in [1.807, 2.05) is 36.4 Å². The predicted molar refractivity (Wildman–Crippen MR) is 93.4 cm³/mol. The molecule has 0 spiro atoms. The molecule has 1 amide bonds. The SMILES string of the molecule is CC(=O)CC(=O)CNC(=O)OCC1c2ccccc2-c2ccccc21. The van der Waals surface area contributed by atoms with E-state index in [1.165, 1.54) is 6.92 Å². The van der Waals surface area contributed by atoms with E-state index in [0.29, 0.717) is 0 Å². The van der Waals surface area contributed by atoms with Gasteiger partial charge < -0.3 is 10.1 Å². The number of nitrogens with one attached hydrogen (secondary N) is 1. The molecule has 2 aromatic carbocycles. The molecule has 1 N–H and O–H groups in total. The summed E-state index contributed by atoms with van der Waals surface area (Å²) >= 11 is 0. The minimum atomic E-state index is -0.654. The van der Waals surface area contributed by atoms with Gasteiger partial charge in [-0.1, -0.05) is 48.5 Å². The van der Waals surface area contributed by atoms with E-state index < -0.39 is 6.09 Å². The van der Waals surface area contributed by atoms with Crippen molar-refractivity contribution in [1.82, 2.24) is 5.32 Å². The zero-order chi connectivity index (χ0) is 17.8. The minimum absolute atomic E-state index is 0.0222. The van der Waals surface area contributed by atoms with Crippen molar-refractivity contribution in [3.63, 3.8) is 0 Å². The Balaban J connectivity index is 1.63. The number of amides is 1. The van der Waals surface area contributed by atoms with Gasteiger partial charge in [0.25, 0.3) is 0 Å². The molecule has 0 aromatic heterocycles. The number of benzene rings is 2. The molecule has 128 valence electrons. The molecule has 5 nitrogen and oxygen atoms in total. The van der Waals surface area contributed by atoms with Crippen molar-refractivity contribution in [2.75, 3.05) is 13.2 Å². The number of carbonyl (C=O) groups excluding carboxylic acids is 3. The lowest BCUT2D eigenvalue weighted by molar-refractivity contribution is -0.125. The van der Waals surface area contributed by atoms with Crippen LogP contribution in [0.25, 0.3) is 11.1 Å². The molecule has 0 saturated heterocycles. The third-order valence-corrected chi connectivity index (χ3v) is 4.22. The van der Waals surface area contributed by atoms with Crippen molar-refractivity contribution in [3.05, 3.63) is 59.7 Å². The van der Waals surface area contributed by atoms with E-state index in [0.717, 1.165) is 22.3 Å². The summed E-state index contributed by atoms with van der Waals surface area (Å²) < 4.78 is 5.31. The summed E-state index contributed by atoms with van der Waals surface area (Å²) in [5.41, 5.74) is 4.57. The van der Waals surface area contributed by atoms with Crippen molar-refractivity contribution in [1.29, 1.82) is 0 Å². The lowest BCUT2D eigenvalue weighted by Gasteiger charge is -2.14. The number of hydrogen-bond donors (Lipinski definition) is 1. The molecule has 1 aliphatic rings. The van der Waals surface area contributed by atoms with Crippen LogP contribution in [0.1, 0.15) is 30.4 Å². The molecule has 1 aliphatic carbocycles. The van der Waals surface area contributed by atoms with E-state index >= 15 is 0 Å². The minimum Gasteiger partial charge on any atom is -0.449 e. The molecule has 0 heterocycles. The molecular formula is C20H19NO4. The van der Waals surface area contributed by atoms with E-state index in [1.54, 1.807) is 0 Å². The van der Waals surface area contributed by atoms with Crippen LogP contribution in [-0.2, 0) is 14.3 Å². The van der Waals surface area contributed by atoms with Crippen LogP contribution in [0.5, 0.6) is 0 Å². The first kappa shape index (κ1) is 16.9. The monoisotopic (exact) mass is 337 g/mol. The van der Waals surface area contributed by atoms with Gasteiger partial charge in [-0.3, -0.25) is 9.59 Å². The highest BCUT2D eigenvalue weighted by atomic mass is 16.5. The fraction of sp³-hybridized carbons (Fsp3) is 0.250. The Hall–Kier alpha value is -2.95. The number of carbonyl (C=O) groups is 3. The highest BCUT2D eigenvalue weighted by Crippen LogP contribution is 2.44. The second kappa shape index (κ2) is 7.30. The van der Waals surface area contributed by atoms with Gasteiger partial charge in [0.15, 0.2) is 5.78 Å². The average Bonchev–Trinajstić information content (AvgIpc) is 2.92. The van der Waals surface area contributed by atoms with Gasteiger partial charge in [0, 0.05) is 5.92 Å². The van der Waals surface area contributed by atoms with Crippen LogP contribution in [0, 0.1) is 0 Å². The third-order valence-electron chi connectivity index (χ3n) is 4.22. The number of rotatable bonds is 6. The quantitative estimate of drug-likeness (QED) is 0.822. The molecule has 3 rings (SSSR count). The van der Waals surface area contributed by atoms with Gasteiger partial charge in [-0.2, -0.15) is 0 Å². The molecule has 0 fully saturated rings. The smallest absolute Gasteiger partial charge is 0.407 e. The van der Waals surface area contributed by atoms with Gasteiger partial charge in [0.2, 0.25) is 0 Å². The summed E-state index contributed by atoms with van der Waals surface area (Å²) in [4.78, 5) is 34.2. The first-order valence-electron chi connectivity index (χ1n) is 8.16. The molecule has 25 heavy (non-hydrogen) atoms. The van der Waals surface area contributed by atoms with Crippen molar-refractivity contribution < 1.29 is 19.1 Å². The predicted octanol–water partition coefficient (Wildman–Crippen LogP) is 3.07. The molecule has 0 saturated carbocycles. The van der Waals surface area contributed by atoms with Gasteiger partial charge in [0.1, 0.15) is 12.4 Å². The number of Topliss-reactive ketones (excluding diaryl/α,β-unsaturated/α-hetero) is 2. The number of fused-ring (bicyclic) bond motifs is 3. The normalized spacial score (nSPS) is 12.2. The Morgan fingerprint density at radius 2 is 1.52 bits per heavy atom. The van der Waals surface area contributed by atoms with Gasteiger partial charge >= 0.3 is 6.09 Å². The Bertz CT molecular complexity index is 782. The molecule has 0 aliphatic heterocycles. The van der Waals surface area contributed by atoms with Crippen molar-refractivity contribution in [3.8, 4) is 11.1 Å². The van der Waals surface area contributed by atoms with Crippen LogP contribution in [0.4, 0.5) is 4.79 Å². The highest BCUT2D eigenvalue weighted by molar-refractivity contribution is 5.99. The largest absolute Gasteiger partial charge is 0.449 e. The van der Waals surface area contributed by atoms with E-state index in [9.17, 15) is 14.4 Å². The van der Waals surface area contributed by atoms with E-state index in [4.69, 9.17) is 4.74 Å². The second-order valence-electron chi connectivity index (χ2n) is 6.10. The zero-order valence-electron chi connectivity index (χ0n) is 14.0. The van der Waals surface area contributed by atoms with E-state index in [-0.39, 0.29) is 37.1 Å². The molecule has 0 atom stereocenters. The number of ketones is 2. The average molecular weight is 337 g/mol. The maximum Gasteiger partial charge on any atom is 0.407 e. The lowest BCUT2D eigenvalue weighted by Crippen LogP contribution is -2.31. The van der Waals surface area contributed by atoms with Crippen LogP contribution in [0.2, 0.25) is 0 Å². The molecule has 5 heteroatoms. The van der Waals surface area contributed by atoms with Crippen molar-refractivity contribution >= 4 is 17.7 Å². The topological polar surface area (TPSA) is 72.5 Å². The van der Waals surface area contributed by atoms with Crippen LogP contribution in [0.3, 0.4) is 0 Å². The summed E-state index contributed by atoms with van der Waals surface area (Å²) in [5.74, 6) is -0.577. The fourth-order valence-corrected chi connectivity index (χ4v) is 3.16. The maximum absolute atomic E-state index is 11.8. The van der Waals surface area contributed by atoms with E-state index in [2.05, 4.69) is 17.4 Å². The van der Waals surface area contributed by atoms with Crippen molar-refractivity contribution in [2.45, 2.75) is 19.3 Å². The zero-order valence-corrected chi connectivity index (χ0v) is 14.0. The number of ether oxygens (including phenoxy) is 1. The maximum atomic E-state index is 11.8. The summed E-state index contributed by atoms with van der Waals surface area (Å²) in [5, 5.41) is 2.40. The van der Waals surface area contributed by atoms with Crippen LogP contribution >= 0.6 is 0 Å². The van der Waals surface area contributed by atoms with Crippen LogP contribution in [-0.4, -0.2) is 30.8 Å². The molecular weight excluding hydrogens is 318 g/mol. The van der Waals surface area contributed by atoms with Crippen molar-refractivity contribution in [2.24, 2.45) is 0 Å². The Labute approximate surface area is 146 Å². The molecule has 0 radical (unpaired) electrons. The van der Waals surface area contributed by atoms with Gasteiger partial charge in [0.05, 0.1) is 13.0 Å². The Morgan fingerprint density at radius 3 is 2.08 bits per heavy atom. The second-order valence-corrected chi connectivity index (χ2v) is 6.10. The summed E-state index contributed by atoms with van der Waals surface area (Å²) in [6, 6.07) is 16.1. The molecule has 0 bridgehead atoms. The van der Waals surface area contributed by atoms with Crippen LogP contribution < -0.4 is 5.32 Å². The fourth-order valence-electron chi connectivity index (χ4n) is 3.16. The molecule has 2 aromatic rings. The van der Waals surface area contributed by atoms with Gasteiger partial charge in [-0.25, -0.2) is 4.79 Å². The Morgan fingerprint density at radius 1 is 0.960 bits per heavy atom. The van der Waals surface area contributed by atoms with Gasteiger partial charge in [-0.15, -0.1) is 0 Å². The standard InChI is InChI=1S/C20H19NO4/c1-13(22)10-14(23)11-21-20(24)25-12-19-17-8-4-2-6-15(17)16-7-3-5-9-18(16)19/h2-9,19H,10-12H2,1H3,(H,21,24). The van der Waals surface area contributed by atoms with Crippen LogP contribution in [0.15, 0.2) is 48.5 Å². The summed E-state index contributed by atoms with van der Waals surface area (Å²) in [6.45, 7) is 1.34. The first-order valence-corrected chi connectivity index (χ1v) is 8.16. The third kappa shape index (κ3) is 3.76.